The van der Waals surface area contributed by atoms with Gasteiger partial charge in [-0.1, -0.05) is 11.3 Å². The molecule has 2 aliphatic rings. The Bertz CT molecular complexity index is 741. The summed E-state index contributed by atoms with van der Waals surface area (Å²) in [5, 5.41) is 20.1. The monoisotopic (exact) mass is 455 g/mol. The average Bonchev–Trinajstić information content (AvgIpc) is 3.05. The Morgan fingerprint density at radius 1 is 1.37 bits per heavy atom. The van der Waals surface area contributed by atoms with Crippen molar-refractivity contribution in [1.29, 1.82) is 0 Å². The van der Waals surface area contributed by atoms with Gasteiger partial charge in [0.1, 0.15) is 16.7 Å². The Balaban J connectivity index is 0.000000396. The number of methoxy groups -OCH3 is 1. The second-order valence-electron chi connectivity index (χ2n) is 6.97. The number of aryl methyl sites for hydroxylation is 1. The maximum Gasteiger partial charge on any atom is 0.490 e. The molecule has 1 atom stereocenters. The number of hydrogen-bond donors (Lipinski definition) is 2. The first kappa shape index (κ1) is 24.2. The minimum atomic E-state index is -5.08. The molecule has 2 N–H and O–H groups in total. The van der Waals surface area contributed by atoms with Crippen LogP contribution in [0.3, 0.4) is 0 Å². The molecule has 2 fully saturated rings. The van der Waals surface area contributed by atoms with Crippen molar-refractivity contribution in [3.05, 3.63) is 5.01 Å². The largest absolute Gasteiger partial charge is 0.490 e. The Labute approximate surface area is 174 Å². The molecule has 30 heavy (non-hydrogen) atoms. The van der Waals surface area contributed by atoms with Gasteiger partial charge in [-0.2, -0.15) is 13.2 Å². The second-order valence-corrected chi connectivity index (χ2v) is 8.13. The molecule has 1 unspecified atom stereocenters. The minimum Gasteiger partial charge on any atom is -0.475 e. The number of nitrogens with one attached hydrogen (secondary N) is 1. The molecule has 1 aromatic heterocycles. The fraction of sp³-hybridized carbons (Fsp3) is 0.750. The molecule has 0 aliphatic carbocycles. The minimum absolute atomic E-state index is 0.00433. The molecule has 0 radical (unpaired) electrons. The topological polar surface area (TPSA) is 117 Å². The van der Waals surface area contributed by atoms with Gasteiger partial charge in [-0.25, -0.2) is 4.79 Å². The molecule has 2 saturated heterocycles. The number of aromatic nitrogens is 2. The fourth-order valence-corrected chi connectivity index (χ4v) is 3.74. The van der Waals surface area contributed by atoms with E-state index in [1.165, 1.54) is 0 Å². The van der Waals surface area contributed by atoms with E-state index in [1.54, 1.807) is 18.4 Å². The predicted molar refractivity (Wildman–Crippen MR) is 101 cm³/mol. The summed E-state index contributed by atoms with van der Waals surface area (Å²) in [7, 11) is 3.59. The number of anilines is 1. The highest BCUT2D eigenvalue weighted by molar-refractivity contribution is 7.15. The van der Waals surface area contributed by atoms with Crippen molar-refractivity contribution in [2.75, 3.05) is 58.5 Å². The normalized spacial score (nSPS) is 20.9. The van der Waals surface area contributed by atoms with Crippen molar-refractivity contribution in [3.63, 3.8) is 0 Å². The second kappa shape index (κ2) is 9.85. The molecule has 2 aliphatic heterocycles. The summed E-state index contributed by atoms with van der Waals surface area (Å²) in [5.74, 6) is -2.76. The Kier molecular flexibility index (Phi) is 7.96. The molecule has 0 bridgehead atoms. The van der Waals surface area contributed by atoms with Crippen molar-refractivity contribution in [2.45, 2.75) is 24.7 Å². The van der Waals surface area contributed by atoms with Gasteiger partial charge in [0, 0.05) is 20.2 Å². The van der Waals surface area contributed by atoms with Crippen LogP contribution in [0.15, 0.2) is 0 Å². The molecular weight excluding hydrogens is 431 g/mol. The van der Waals surface area contributed by atoms with Gasteiger partial charge in [-0.05, 0) is 14.0 Å². The quantitative estimate of drug-likeness (QED) is 0.598. The summed E-state index contributed by atoms with van der Waals surface area (Å²) in [4.78, 5) is 25.3. The molecule has 170 valence electrons. The van der Waals surface area contributed by atoms with Crippen LogP contribution in [0.5, 0.6) is 0 Å². The number of alkyl halides is 3. The molecule has 1 spiro atoms. The lowest BCUT2D eigenvalue weighted by molar-refractivity contribution is -0.192. The van der Waals surface area contributed by atoms with Crippen LogP contribution in [0.25, 0.3) is 0 Å². The summed E-state index contributed by atoms with van der Waals surface area (Å²) in [6.07, 6.45) is -5.08. The number of halogens is 3. The van der Waals surface area contributed by atoms with E-state index < -0.39 is 12.1 Å². The summed E-state index contributed by atoms with van der Waals surface area (Å²) in [5.41, 5.74) is -0.197. The molecular formula is C16H24F3N5O5S. The highest BCUT2D eigenvalue weighted by Crippen LogP contribution is 2.35. The molecule has 10 nitrogen and oxygen atoms in total. The molecule has 1 amide bonds. The molecule has 1 aromatic rings. The Morgan fingerprint density at radius 2 is 2.00 bits per heavy atom. The van der Waals surface area contributed by atoms with Crippen molar-refractivity contribution < 1.29 is 37.3 Å². The van der Waals surface area contributed by atoms with E-state index in [1.807, 2.05) is 14.0 Å². The van der Waals surface area contributed by atoms with Gasteiger partial charge in [0.05, 0.1) is 26.3 Å². The summed E-state index contributed by atoms with van der Waals surface area (Å²) >= 11 is 1.60. The van der Waals surface area contributed by atoms with Crippen LogP contribution in [-0.4, -0.2) is 103 Å². The van der Waals surface area contributed by atoms with Crippen molar-refractivity contribution in [2.24, 2.45) is 0 Å². The number of carboxylic acid groups (broad SMARTS) is 1. The molecule has 0 saturated carbocycles. The van der Waals surface area contributed by atoms with E-state index in [0.717, 1.165) is 29.8 Å². The summed E-state index contributed by atoms with van der Waals surface area (Å²) in [6, 6.07) is -0.240. The van der Waals surface area contributed by atoms with Crippen LogP contribution in [0.2, 0.25) is 0 Å². The number of morpholine rings is 1. The SMILES string of the molecule is COCCNC(=O)C1COC2(CN(c3nnc(C)s3)C2)CN1C.O=C(O)C(F)(F)F. The maximum atomic E-state index is 12.2. The van der Waals surface area contributed by atoms with Crippen LogP contribution in [0.1, 0.15) is 5.01 Å². The fourth-order valence-electron chi connectivity index (χ4n) is 3.05. The number of carboxylic acids is 1. The van der Waals surface area contributed by atoms with Gasteiger partial charge < -0.3 is 24.8 Å². The lowest BCUT2D eigenvalue weighted by atomic mass is 9.91. The summed E-state index contributed by atoms with van der Waals surface area (Å²) in [6.45, 7) is 5.74. The summed E-state index contributed by atoms with van der Waals surface area (Å²) < 4.78 is 42.7. The number of likely N-dealkylation sites (N-methyl/N-ethyl adjacent to an activating group) is 1. The molecule has 3 heterocycles. The smallest absolute Gasteiger partial charge is 0.475 e. The predicted octanol–water partition coefficient (Wildman–Crippen LogP) is 0.132. The van der Waals surface area contributed by atoms with Crippen molar-refractivity contribution in [1.82, 2.24) is 20.4 Å². The molecule has 0 aromatic carbocycles. The third-order valence-electron chi connectivity index (χ3n) is 4.51. The first-order valence-electron chi connectivity index (χ1n) is 8.93. The Hall–Kier alpha value is -2.03. The van der Waals surface area contributed by atoms with Crippen LogP contribution < -0.4 is 10.2 Å². The highest BCUT2D eigenvalue weighted by atomic mass is 32.1. The van der Waals surface area contributed by atoms with Gasteiger partial charge in [0.25, 0.3) is 0 Å². The van der Waals surface area contributed by atoms with E-state index >= 15 is 0 Å². The third kappa shape index (κ3) is 6.23. The first-order valence-corrected chi connectivity index (χ1v) is 9.75. The van der Waals surface area contributed by atoms with Crippen LogP contribution in [0.4, 0.5) is 18.3 Å². The van der Waals surface area contributed by atoms with Crippen LogP contribution in [-0.2, 0) is 19.1 Å². The number of aliphatic carboxylic acids is 1. The van der Waals surface area contributed by atoms with Gasteiger partial charge in [0.15, 0.2) is 0 Å². The maximum absolute atomic E-state index is 12.2. The number of ether oxygens (including phenoxy) is 2. The Morgan fingerprint density at radius 3 is 2.47 bits per heavy atom. The lowest BCUT2D eigenvalue weighted by Crippen LogP contribution is -2.72. The van der Waals surface area contributed by atoms with Gasteiger partial charge >= 0.3 is 12.1 Å². The van der Waals surface area contributed by atoms with Crippen LogP contribution in [0, 0.1) is 6.92 Å². The lowest BCUT2D eigenvalue weighted by Gasteiger charge is -2.54. The van der Waals surface area contributed by atoms with Crippen molar-refractivity contribution in [3.8, 4) is 0 Å². The van der Waals surface area contributed by atoms with E-state index in [-0.39, 0.29) is 17.6 Å². The van der Waals surface area contributed by atoms with Gasteiger partial charge in [-0.3, -0.25) is 9.69 Å². The van der Waals surface area contributed by atoms with E-state index in [4.69, 9.17) is 19.4 Å². The van der Waals surface area contributed by atoms with Gasteiger partial charge in [0.2, 0.25) is 11.0 Å². The number of nitrogens with zero attached hydrogens (tertiary/aromatic N) is 4. The van der Waals surface area contributed by atoms with Gasteiger partial charge in [-0.15, -0.1) is 10.2 Å². The zero-order chi connectivity index (χ0) is 22.5. The first-order chi connectivity index (χ1) is 14.0. The van der Waals surface area contributed by atoms with E-state index in [2.05, 4.69) is 25.3 Å². The zero-order valence-corrected chi connectivity index (χ0v) is 17.5. The molecule has 14 heteroatoms. The number of carbonyl (C=O) groups is 2. The highest BCUT2D eigenvalue weighted by Gasteiger charge is 2.50. The number of amides is 1. The standard InChI is InChI=1S/C14H23N5O3S.C2HF3O2/c1-10-16-17-13(23-10)19-8-14(9-19)7-18(2)11(6-22-14)12(20)15-4-5-21-3;3-2(4,5)1(6)7/h11H,4-9H2,1-3H3,(H,15,20);(H,6,7). The molecule has 3 rings (SSSR count). The van der Waals surface area contributed by atoms with Crippen molar-refractivity contribution >= 4 is 28.3 Å². The van der Waals surface area contributed by atoms with Crippen LogP contribution >= 0.6 is 11.3 Å². The zero-order valence-electron chi connectivity index (χ0n) is 16.7. The number of hydrogen-bond acceptors (Lipinski definition) is 9. The average molecular weight is 455 g/mol. The van der Waals surface area contributed by atoms with E-state index in [0.29, 0.717) is 19.8 Å². The number of rotatable bonds is 5. The third-order valence-corrected chi connectivity index (χ3v) is 5.41. The number of carbonyl (C=O) groups excluding carboxylic acids is 1. The van der Waals surface area contributed by atoms with E-state index in [9.17, 15) is 18.0 Å².